The standard InChI is InChI=1S/C24H20F4N6O4S/c1-14-11-16-13-18(5-6-19(16)33(14)23(35)24(26,27)28)39(36,37)29-9-10-38-21-8-7-20-30-31-22(34(20)32-21)15-3-2-4-17(25)12-15/h2-8,12-14,29H,9-11H2,1H3. The Labute approximate surface area is 219 Å². The second-order valence-corrected chi connectivity index (χ2v) is 10.5. The van der Waals surface area contributed by atoms with E-state index in [9.17, 15) is 30.8 Å². The number of nitrogens with zero attached hydrogens (tertiary/aromatic N) is 5. The number of sulfonamides is 1. The molecular formula is C24H20F4N6O4S. The van der Waals surface area contributed by atoms with Crippen molar-refractivity contribution >= 4 is 27.3 Å². The Balaban J connectivity index is 1.24. The fourth-order valence-electron chi connectivity index (χ4n) is 4.29. The summed E-state index contributed by atoms with van der Waals surface area (Å²) in [5.41, 5.74) is 1.19. The molecule has 2 aromatic heterocycles. The topological polar surface area (TPSA) is 119 Å². The molecule has 3 heterocycles. The third-order valence-corrected chi connectivity index (χ3v) is 7.46. The number of amides is 1. The van der Waals surface area contributed by atoms with E-state index in [0.717, 1.165) is 6.07 Å². The van der Waals surface area contributed by atoms with Crippen molar-refractivity contribution in [3.8, 4) is 17.3 Å². The zero-order valence-electron chi connectivity index (χ0n) is 20.2. The summed E-state index contributed by atoms with van der Waals surface area (Å²) in [4.78, 5) is 12.3. The summed E-state index contributed by atoms with van der Waals surface area (Å²) in [6.45, 7) is 1.21. The second-order valence-electron chi connectivity index (χ2n) is 8.74. The van der Waals surface area contributed by atoms with Gasteiger partial charge in [0.2, 0.25) is 15.9 Å². The third kappa shape index (κ3) is 5.27. The van der Waals surface area contributed by atoms with Gasteiger partial charge in [-0.05, 0) is 55.3 Å². The van der Waals surface area contributed by atoms with Gasteiger partial charge in [0.15, 0.2) is 11.5 Å². The molecule has 2 aromatic carbocycles. The first kappa shape index (κ1) is 26.5. The average Bonchev–Trinajstić information content (AvgIpc) is 3.45. The molecule has 15 heteroatoms. The van der Waals surface area contributed by atoms with Crippen molar-refractivity contribution in [2.24, 2.45) is 0 Å². The van der Waals surface area contributed by atoms with Crippen molar-refractivity contribution in [3.05, 3.63) is 66.0 Å². The number of carbonyl (C=O) groups is 1. The van der Waals surface area contributed by atoms with Crippen molar-refractivity contribution < 1.29 is 35.5 Å². The van der Waals surface area contributed by atoms with Gasteiger partial charge in [0, 0.05) is 29.9 Å². The molecule has 1 atom stereocenters. The Bertz CT molecular complexity index is 1670. The number of fused-ring (bicyclic) bond motifs is 2. The van der Waals surface area contributed by atoms with Gasteiger partial charge in [-0.1, -0.05) is 12.1 Å². The minimum atomic E-state index is -5.04. The molecule has 4 aromatic rings. The van der Waals surface area contributed by atoms with E-state index in [4.69, 9.17) is 4.74 Å². The number of rotatable bonds is 7. The van der Waals surface area contributed by atoms with Crippen molar-refractivity contribution in [2.75, 3.05) is 18.1 Å². The van der Waals surface area contributed by atoms with E-state index >= 15 is 0 Å². The SMILES string of the molecule is CC1Cc2cc(S(=O)(=O)NCCOc3ccc4nnc(-c5cccc(F)c5)n4n3)ccc2N1C(=O)C(F)(F)F. The van der Waals surface area contributed by atoms with E-state index in [1.54, 1.807) is 12.1 Å². The Hall–Kier alpha value is -4.11. The molecule has 0 saturated heterocycles. The smallest absolute Gasteiger partial charge is 0.471 e. The van der Waals surface area contributed by atoms with E-state index in [2.05, 4.69) is 20.0 Å². The van der Waals surface area contributed by atoms with E-state index in [1.165, 1.54) is 47.8 Å². The largest absolute Gasteiger partial charge is 0.475 e. The zero-order chi connectivity index (χ0) is 27.9. The summed E-state index contributed by atoms with van der Waals surface area (Å²) in [6.07, 6.45) is -4.96. The molecule has 204 valence electrons. The molecule has 5 rings (SSSR count). The first-order valence-electron chi connectivity index (χ1n) is 11.6. The summed E-state index contributed by atoms with van der Waals surface area (Å²) >= 11 is 0. The maximum atomic E-state index is 13.6. The van der Waals surface area contributed by atoms with Gasteiger partial charge in [0.05, 0.1) is 4.90 Å². The van der Waals surface area contributed by atoms with Gasteiger partial charge < -0.3 is 9.64 Å². The van der Waals surface area contributed by atoms with E-state index in [1.807, 2.05) is 0 Å². The van der Waals surface area contributed by atoms with Crippen LogP contribution in [0.25, 0.3) is 17.0 Å². The van der Waals surface area contributed by atoms with Gasteiger partial charge in [-0.3, -0.25) is 4.79 Å². The monoisotopic (exact) mass is 564 g/mol. The van der Waals surface area contributed by atoms with Crippen LogP contribution >= 0.6 is 0 Å². The molecule has 39 heavy (non-hydrogen) atoms. The number of hydrogen-bond acceptors (Lipinski definition) is 7. The lowest BCUT2D eigenvalue weighted by Gasteiger charge is -2.23. The van der Waals surface area contributed by atoms with Crippen LogP contribution in [-0.4, -0.2) is 59.5 Å². The predicted molar refractivity (Wildman–Crippen MR) is 130 cm³/mol. The quantitative estimate of drug-likeness (QED) is 0.271. The molecule has 0 spiro atoms. The summed E-state index contributed by atoms with van der Waals surface area (Å²) in [6, 6.07) is 11.7. The van der Waals surface area contributed by atoms with Crippen molar-refractivity contribution in [3.63, 3.8) is 0 Å². The van der Waals surface area contributed by atoms with Crippen LogP contribution in [0.4, 0.5) is 23.2 Å². The Kier molecular flexibility index (Phi) is 6.72. The van der Waals surface area contributed by atoms with E-state index in [0.29, 0.717) is 21.7 Å². The second kappa shape index (κ2) is 9.89. The molecule has 1 aliphatic rings. The van der Waals surface area contributed by atoms with Crippen LogP contribution in [0, 0.1) is 5.82 Å². The maximum absolute atomic E-state index is 13.6. The lowest BCUT2D eigenvalue weighted by atomic mass is 10.1. The first-order valence-corrected chi connectivity index (χ1v) is 13.1. The highest BCUT2D eigenvalue weighted by Crippen LogP contribution is 2.36. The van der Waals surface area contributed by atoms with E-state index < -0.39 is 34.0 Å². The summed E-state index contributed by atoms with van der Waals surface area (Å²) in [5, 5.41) is 12.3. The minimum Gasteiger partial charge on any atom is -0.475 e. The predicted octanol–water partition coefficient (Wildman–Crippen LogP) is 3.13. The minimum absolute atomic E-state index is 0.0279. The van der Waals surface area contributed by atoms with Crippen LogP contribution in [0.15, 0.2) is 59.5 Å². The molecule has 0 fully saturated rings. The Morgan fingerprint density at radius 1 is 1.13 bits per heavy atom. The maximum Gasteiger partial charge on any atom is 0.471 e. The molecule has 0 radical (unpaired) electrons. The van der Waals surface area contributed by atoms with Gasteiger partial charge in [0.1, 0.15) is 12.4 Å². The van der Waals surface area contributed by atoms with Crippen LogP contribution in [0.1, 0.15) is 12.5 Å². The van der Waals surface area contributed by atoms with Crippen molar-refractivity contribution in [1.82, 2.24) is 24.5 Å². The number of ether oxygens (including phenoxy) is 1. The zero-order valence-corrected chi connectivity index (χ0v) is 21.0. The Morgan fingerprint density at radius 3 is 2.67 bits per heavy atom. The van der Waals surface area contributed by atoms with Crippen LogP contribution < -0.4 is 14.4 Å². The third-order valence-electron chi connectivity index (χ3n) is 6.00. The number of benzene rings is 2. The lowest BCUT2D eigenvalue weighted by Crippen LogP contribution is -2.44. The number of anilines is 1. The number of nitrogens with one attached hydrogen (secondary N) is 1. The number of alkyl halides is 3. The summed E-state index contributed by atoms with van der Waals surface area (Å²) in [7, 11) is -4.03. The van der Waals surface area contributed by atoms with E-state index in [-0.39, 0.29) is 41.9 Å². The fraction of sp³-hybridized carbons (Fsp3) is 0.250. The molecule has 0 bridgehead atoms. The summed E-state index contributed by atoms with van der Waals surface area (Å²) < 4.78 is 87.4. The molecule has 1 N–H and O–H groups in total. The van der Waals surface area contributed by atoms with Crippen molar-refractivity contribution in [1.29, 1.82) is 0 Å². The average molecular weight is 565 g/mol. The molecule has 0 aliphatic carbocycles. The van der Waals surface area contributed by atoms with Crippen molar-refractivity contribution in [2.45, 2.75) is 30.5 Å². The molecule has 10 nitrogen and oxygen atoms in total. The number of carbonyl (C=O) groups excluding carboxylic acids is 1. The van der Waals surface area contributed by atoms with Gasteiger partial charge in [-0.2, -0.15) is 17.7 Å². The number of aromatic nitrogens is 4. The Morgan fingerprint density at radius 2 is 1.92 bits per heavy atom. The molecular weight excluding hydrogens is 544 g/mol. The van der Waals surface area contributed by atoms with Gasteiger partial charge in [-0.25, -0.2) is 17.5 Å². The van der Waals surface area contributed by atoms with Crippen LogP contribution in [0.2, 0.25) is 0 Å². The highest BCUT2D eigenvalue weighted by molar-refractivity contribution is 7.89. The van der Waals surface area contributed by atoms with Crippen LogP contribution in [-0.2, 0) is 21.2 Å². The molecule has 0 saturated carbocycles. The number of hydrogen-bond donors (Lipinski definition) is 1. The molecule has 1 unspecified atom stereocenters. The normalized spacial score (nSPS) is 15.5. The summed E-state index contributed by atoms with van der Waals surface area (Å²) in [5.74, 6) is -2.02. The first-order chi connectivity index (χ1) is 18.4. The van der Waals surface area contributed by atoms with Gasteiger partial charge in [0.25, 0.3) is 0 Å². The van der Waals surface area contributed by atoms with Gasteiger partial charge in [-0.15, -0.1) is 15.3 Å². The fourth-order valence-corrected chi connectivity index (χ4v) is 5.36. The van der Waals surface area contributed by atoms with Crippen LogP contribution in [0.5, 0.6) is 5.88 Å². The van der Waals surface area contributed by atoms with Gasteiger partial charge >= 0.3 is 12.1 Å². The van der Waals surface area contributed by atoms with Crippen LogP contribution in [0.3, 0.4) is 0 Å². The number of halogens is 4. The molecule has 1 amide bonds. The highest BCUT2D eigenvalue weighted by Gasteiger charge is 2.47. The molecule has 1 aliphatic heterocycles. The highest BCUT2D eigenvalue weighted by atomic mass is 32.2. The lowest BCUT2D eigenvalue weighted by molar-refractivity contribution is -0.170.